The summed E-state index contributed by atoms with van der Waals surface area (Å²) in [5.74, 6) is -0.0133. The van der Waals surface area contributed by atoms with E-state index in [-0.39, 0.29) is 6.54 Å². The summed E-state index contributed by atoms with van der Waals surface area (Å²) in [7, 11) is -4.28. The molecule has 0 radical (unpaired) electrons. The molecule has 3 rings (SSSR count). The van der Waals surface area contributed by atoms with Crippen LogP contribution in [-0.2, 0) is 27.5 Å². The van der Waals surface area contributed by atoms with Gasteiger partial charge in [0.25, 0.3) is 0 Å². The third-order valence-corrected chi connectivity index (χ3v) is 5.36. The number of benzene rings is 1. The van der Waals surface area contributed by atoms with Gasteiger partial charge in [0, 0.05) is 25.1 Å². The Morgan fingerprint density at radius 2 is 1.97 bits per heavy atom. The van der Waals surface area contributed by atoms with Crippen molar-refractivity contribution in [2.75, 3.05) is 6.54 Å². The topological polar surface area (TPSA) is 106 Å². The Morgan fingerprint density at radius 1 is 1.17 bits per heavy atom. The number of rotatable bonds is 7. The average Bonchev–Trinajstić information content (AvgIpc) is 3.25. The third-order valence-electron chi connectivity index (χ3n) is 3.96. The van der Waals surface area contributed by atoms with Crippen LogP contribution in [0.3, 0.4) is 0 Å². The normalized spacial score (nSPS) is 12.0. The molecule has 0 aliphatic rings. The van der Waals surface area contributed by atoms with Gasteiger partial charge in [-0.2, -0.15) is 13.2 Å². The zero-order valence-corrected chi connectivity index (χ0v) is 16.1. The van der Waals surface area contributed by atoms with Crippen molar-refractivity contribution in [3.63, 3.8) is 0 Å². The van der Waals surface area contributed by atoms with Gasteiger partial charge in [-0.1, -0.05) is 12.1 Å². The van der Waals surface area contributed by atoms with Gasteiger partial charge < -0.3 is 5.32 Å². The predicted octanol–water partition coefficient (Wildman–Crippen LogP) is 1.88. The van der Waals surface area contributed by atoms with Crippen molar-refractivity contribution in [1.29, 1.82) is 0 Å². The maximum Gasteiger partial charge on any atom is 0.416 e. The Balaban J connectivity index is 1.54. The molecule has 1 amide bonds. The van der Waals surface area contributed by atoms with Gasteiger partial charge in [0.15, 0.2) is 0 Å². The zero-order chi connectivity index (χ0) is 21.8. The number of hydrogen-bond acceptors (Lipinski definition) is 5. The summed E-state index contributed by atoms with van der Waals surface area (Å²) in [6.07, 6.45) is 1.78. The van der Waals surface area contributed by atoms with E-state index in [0.717, 1.165) is 18.2 Å². The summed E-state index contributed by atoms with van der Waals surface area (Å²) in [6, 6.07) is 6.72. The first-order valence-corrected chi connectivity index (χ1v) is 10.0. The number of amides is 1. The number of imidazole rings is 1. The van der Waals surface area contributed by atoms with Crippen LogP contribution in [0.1, 0.15) is 11.1 Å². The van der Waals surface area contributed by atoms with Crippen molar-refractivity contribution in [2.24, 2.45) is 0 Å². The summed E-state index contributed by atoms with van der Waals surface area (Å²) >= 11 is 0. The molecule has 0 spiro atoms. The van der Waals surface area contributed by atoms with Crippen LogP contribution in [0.15, 0.2) is 66.2 Å². The highest BCUT2D eigenvalue weighted by molar-refractivity contribution is 7.89. The molecule has 158 valence electrons. The van der Waals surface area contributed by atoms with Gasteiger partial charge in [-0.05, 0) is 29.8 Å². The summed E-state index contributed by atoms with van der Waals surface area (Å²) < 4.78 is 66.3. The minimum absolute atomic E-state index is 0.0985. The molecular weight excluding hydrogens is 423 g/mol. The van der Waals surface area contributed by atoms with Gasteiger partial charge in [0.1, 0.15) is 12.1 Å². The number of pyridine rings is 1. The highest BCUT2D eigenvalue weighted by atomic mass is 32.2. The predicted molar refractivity (Wildman–Crippen MR) is 99.8 cm³/mol. The van der Waals surface area contributed by atoms with E-state index < -0.39 is 39.1 Å². The quantitative estimate of drug-likeness (QED) is 0.585. The van der Waals surface area contributed by atoms with Crippen LogP contribution in [0.25, 0.3) is 5.82 Å². The van der Waals surface area contributed by atoms with E-state index in [0.29, 0.717) is 17.4 Å². The molecule has 3 aromatic rings. The largest absolute Gasteiger partial charge is 0.416 e. The van der Waals surface area contributed by atoms with Crippen molar-refractivity contribution in [3.05, 3.63) is 72.4 Å². The number of alkyl halides is 3. The standard InChI is InChI=1S/C18H16F3N5O3S/c19-18(20,21)14-2-1-3-15(8-14)30(28,29)25-11-17(27)24-10-13-4-5-16(23-9-13)26-7-6-22-12-26/h1-9,12,25H,10-11H2,(H,24,27). The average molecular weight is 439 g/mol. The van der Waals surface area contributed by atoms with E-state index in [1.165, 1.54) is 0 Å². The number of sulfonamides is 1. The second kappa shape index (κ2) is 8.63. The van der Waals surface area contributed by atoms with Crippen molar-refractivity contribution >= 4 is 15.9 Å². The molecule has 0 aliphatic heterocycles. The fraction of sp³-hybridized carbons (Fsp3) is 0.167. The second-order valence-electron chi connectivity index (χ2n) is 6.12. The van der Waals surface area contributed by atoms with E-state index in [1.807, 2.05) is 4.72 Å². The molecule has 12 heteroatoms. The van der Waals surface area contributed by atoms with E-state index in [9.17, 15) is 26.4 Å². The first kappa shape index (κ1) is 21.5. The Kier molecular flexibility index (Phi) is 6.17. The SMILES string of the molecule is O=C(CNS(=O)(=O)c1cccc(C(F)(F)F)c1)NCc1ccc(-n2ccnc2)nc1. The van der Waals surface area contributed by atoms with Gasteiger partial charge in [-0.15, -0.1) is 0 Å². The Hall–Kier alpha value is -3.25. The van der Waals surface area contributed by atoms with Crippen LogP contribution in [0.5, 0.6) is 0 Å². The molecule has 0 atom stereocenters. The highest BCUT2D eigenvalue weighted by Gasteiger charge is 2.31. The number of hydrogen-bond donors (Lipinski definition) is 2. The molecule has 8 nitrogen and oxygen atoms in total. The van der Waals surface area contributed by atoms with E-state index in [1.54, 1.807) is 41.6 Å². The lowest BCUT2D eigenvalue weighted by molar-refractivity contribution is -0.137. The number of nitrogens with zero attached hydrogens (tertiary/aromatic N) is 3. The summed E-state index contributed by atoms with van der Waals surface area (Å²) in [6.45, 7) is -0.527. The molecule has 1 aromatic carbocycles. The summed E-state index contributed by atoms with van der Waals surface area (Å²) in [5.41, 5.74) is -0.422. The lowest BCUT2D eigenvalue weighted by Crippen LogP contribution is -2.36. The molecule has 0 fully saturated rings. The van der Waals surface area contributed by atoms with Crippen LogP contribution in [0.2, 0.25) is 0 Å². The fourth-order valence-electron chi connectivity index (χ4n) is 2.42. The van der Waals surface area contributed by atoms with Crippen molar-refractivity contribution < 1.29 is 26.4 Å². The number of nitrogens with one attached hydrogen (secondary N) is 2. The molecule has 0 saturated heterocycles. The molecule has 0 aliphatic carbocycles. The van der Waals surface area contributed by atoms with Gasteiger partial charge in [0.05, 0.1) is 17.0 Å². The monoisotopic (exact) mass is 439 g/mol. The highest BCUT2D eigenvalue weighted by Crippen LogP contribution is 2.30. The second-order valence-corrected chi connectivity index (χ2v) is 7.89. The van der Waals surface area contributed by atoms with Crippen LogP contribution in [-0.4, -0.2) is 35.4 Å². The maximum absolute atomic E-state index is 12.7. The van der Waals surface area contributed by atoms with Crippen LogP contribution in [0, 0.1) is 0 Å². The summed E-state index contributed by atoms with van der Waals surface area (Å²) in [5, 5.41) is 2.51. The maximum atomic E-state index is 12.7. The van der Waals surface area contributed by atoms with Gasteiger partial charge in [-0.25, -0.2) is 23.1 Å². The van der Waals surface area contributed by atoms with Gasteiger partial charge in [-0.3, -0.25) is 9.36 Å². The molecule has 0 bridgehead atoms. The Labute approximate surface area is 169 Å². The molecule has 2 aromatic heterocycles. The number of halogens is 3. The van der Waals surface area contributed by atoms with Gasteiger partial charge >= 0.3 is 6.18 Å². The fourth-order valence-corrected chi connectivity index (χ4v) is 3.44. The zero-order valence-electron chi connectivity index (χ0n) is 15.3. The van der Waals surface area contributed by atoms with Crippen LogP contribution < -0.4 is 10.0 Å². The molecule has 0 unspecified atom stereocenters. The van der Waals surface area contributed by atoms with Crippen molar-refractivity contribution in [1.82, 2.24) is 24.6 Å². The van der Waals surface area contributed by atoms with E-state index in [4.69, 9.17) is 0 Å². The molecule has 0 saturated carbocycles. The van der Waals surface area contributed by atoms with Crippen molar-refractivity contribution in [2.45, 2.75) is 17.6 Å². The van der Waals surface area contributed by atoms with E-state index in [2.05, 4.69) is 15.3 Å². The first-order chi connectivity index (χ1) is 14.1. The molecule has 2 N–H and O–H groups in total. The number of carbonyl (C=O) groups excluding carboxylic acids is 1. The lowest BCUT2D eigenvalue weighted by Gasteiger charge is -2.11. The third kappa shape index (κ3) is 5.42. The Bertz CT molecular complexity index is 1110. The van der Waals surface area contributed by atoms with Gasteiger partial charge in [0.2, 0.25) is 15.9 Å². The molecule has 2 heterocycles. The van der Waals surface area contributed by atoms with Crippen LogP contribution >= 0.6 is 0 Å². The first-order valence-electron chi connectivity index (χ1n) is 8.52. The van der Waals surface area contributed by atoms with E-state index >= 15 is 0 Å². The van der Waals surface area contributed by atoms with Crippen molar-refractivity contribution in [3.8, 4) is 5.82 Å². The van der Waals surface area contributed by atoms with Crippen LogP contribution in [0.4, 0.5) is 13.2 Å². The summed E-state index contributed by atoms with van der Waals surface area (Å²) in [4.78, 5) is 19.5. The number of aromatic nitrogens is 3. The Morgan fingerprint density at radius 3 is 2.60 bits per heavy atom. The minimum atomic E-state index is -4.68. The molecule has 30 heavy (non-hydrogen) atoms. The lowest BCUT2D eigenvalue weighted by atomic mass is 10.2. The minimum Gasteiger partial charge on any atom is -0.351 e. The molecular formula is C18H16F3N5O3S. The number of carbonyl (C=O) groups is 1. The smallest absolute Gasteiger partial charge is 0.351 e.